The Morgan fingerprint density at radius 3 is 2.28 bits per heavy atom. The number of aliphatic carboxylic acids is 1. The van der Waals surface area contributed by atoms with E-state index in [1.165, 1.54) is 0 Å². The number of nitrogens with zero attached hydrogens (tertiary/aromatic N) is 2. The molecule has 0 aromatic carbocycles. The Hall–Kier alpha value is -3.34. The molecular weight excluding hydrogens is 965 g/mol. The zero-order valence-corrected chi connectivity index (χ0v) is 44.3. The maximum Gasteiger partial charge on any atom is 0.310 e. The van der Waals surface area contributed by atoms with Crippen LogP contribution in [0.3, 0.4) is 0 Å². The molecule has 22 atom stereocenters. The molecule has 5 saturated carbocycles. The number of nitrogens with two attached hydrogens (primary N) is 1. The van der Waals surface area contributed by atoms with Gasteiger partial charge in [-0.15, -0.1) is 0 Å². The number of carboxylic acid groups (broad SMARTS) is 1. The number of aliphatic hydroxyl groups is 8. The van der Waals surface area contributed by atoms with E-state index in [0.29, 0.717) is 57.8 Å². The van der Waals surface area contributed by atoms with E-state index in [0.717, 1.165) is 42.6 Å². The molecule has 14 N–H and O–H groups in total. The third kappa shape index (κ3) is 8.44. The van der Waals surface area contributed by atoms with Crippen LogP contribution in [-0.2, 0) is 25.5 Å². The van der Waals surface area contributed by atoms with Crippen molar-refractivity contribution in [3.8, 4) is 0 Å². The second-order valence-corrected chi connectivity index (χ2v) is 26.1. The van der Waals surface area contributed by atoms with Crippen molar-refractivity contribution in [3.05, 3.63) is 48.1 Å². The first kappa shape index (κ1) is 55.0. The zero-order valence-electron chi connectivity index (χ0n) is 44.3. The predicted octanol–water partition coefficient (Wildman–Crippen LogP) is 2.88. The van der Waals surface area contributed by atoms with Gasteiger partial charge in [-0.2, -0.15) is 0 Å². The Labute approximate surface area is 439 Å². The average molecular weight is 1050 g/mol. The highest BCUT2D eigenvalue weighted by molar-refractivity contribution is 5.82. The minimum atomic E-state index is -1.68. The first-order valence-corrected chi connectivity index (χ1v) is 28.1. The van der Waals surface area contributed by atoms with Crippen molar-refractivity contribution in [2.75, 3.05) is 26.4 Å². The summed E-state index contributed by atoms with van der Waals surface area (Å²) in [5.41, 5.74) is 4.06. The Bertz CT molecular complexity index is 2370. The molecule has 2 saturated heterocycles. The van der Waals surface area contributed by atoms with Gasteiger partial charge in [0.25, 0.3) is 0 Å². The van der Waals surface area contributed by atoms with Gasteiger partial charge in [0.15, 0.2) is 6.29 Å². The van der Waals surface area contributed by atoms with E-state index in [-0.39, 0.29) is 61.6 Å². The van der Waals surface area contributed by atoms with E-state index >= 15 is 0 Å². The molecule has 0 unspecified atom stereocenters. The summed E-state index contributed by atoms with van der Waals surface area (Å²) in [5, 5.41) is 107. The second kappa shape index (κ2) is 20.4. The molecule has 2 aromatic heterocycles. The zero-order chi connectivity index (χ0) is 53.6. The van der Waals surface area contributed by atoms with Crippen molar-refractivity contribution in [2.45, 2.75) is 179 Å². The van der Waals surface area contributed by atoms with Crippen LogP contribution < -0.4 is 11.1 Å². The van der Waals surface area contributed by atoms with E-state index in [1.807, 2.05) is 13.1 Å². The van der Waals surface area contributed by atoms with Crippen LogP contribution in [0.5, 0.6) is 0 Å². The van der Waals surface area contributed by atoms with E-state index in [9.17, 15) is 55.5 Å². The fourth-order valence-electron chi connectivity index (χ4n) is 19.0. The van der Waals surface area contributed by atoms with Crippen molar-refractivity contribution < 1.29 is 65.0 Å². The summed E-state index contributed by atoms with van der Waals surface area (Å²) < 4.78 is 12.8. The highest BCUT2D eigenvalue weighted by Crippen LogP contribution is 2.80. The van der Waals surface area contributed by atoms with Crippen LogP contribution in [0.2, 0.25) is 0 Å². The highest BCUT2D eigenvalue weighted by atomic mass is 16.7. The van der Waals surface area contributed by atoms with Gasteiger partial charge in [-0.05, 0) is 147 Å². The van der Waals surface area contributed by atoms with Crippen LogP contribution in [-0.4, -0.2) is 153 Å². The number of aromatic amines is 2. The number of fused-ring (bicyclic) bond motifs is 7. The Morgan fingerprint density at radius 2 is 1.64 bits per heavy atom. The SMILES string of the molecule is C[C@]1(CO)CC[C@]2(C(=O)O)C[C@H](Cc3cnc[nH]3)[C@]3(C)C(=CC[C@@H]4[C@]5(C6CCCC6)[C@H](CC[C@]43C)[C@](C)(CO)[C@H](O[C@@H]3OC[C@@H](O)[C@H](O)[C@H]3O)[C@H](O)[C@@H]5C[C@H]3[C@H]([C@H](CC[C@@H](N)O)c4cnc[nH]4)NC(=O)[C@@H]3CO)[C@@H]2C1. The third-order valence-electron chi connectivity index (χ3n) is 22.9. The first-order valence-electron chi connectivity index (χ1n) is 28.1. The van der Waals surface area contributed by atoms with Crippen molar-refractivity contribution in [3.63, 3.8) is 0 Å². The van der Waals surface area contributed by atoms with Crippen molar-refractivity contribution in [1.29, 1.82) is 0 Å². The van der Waals surface area contributed by atoms with Crippen LogP contribution >= 0.6 is 0 Å². The Kier molecular flexibility index (Phi) is 15.0. The fourth-order valence-corrected chi connectivity index (χ4v) is 19.0. The third-order valence-corrected chi connectivity index (χ3v) is 22.9. The van der Waals surface area contributed by atoms with Gasteiger partial charge in [0, 0.05) is 47.8 Å². The number of carbonyl (C=O) groups excluding carboxylic acids is 1. The quantitative estimate of drug-likeness (QED) is 0.0653. The summed E-state index contributed by atoms with van der Waals surface area (Å²) >= 11 is 0. The summed E-state index contributed by atoms with van der Waals surface area (Å²) in [6.07, 6.45) is 8.03. The molecule has 0 bridgehead atoms. The largest absolute Gasteiger partial charge is 0.481 e. The summed E-state index contributed by atoms with van der Waals surface area (Å²) in [6, 6.07) is -0.607. The molecule has 2 aromatic rings. The van der Waals surface area contributed by atoms with E-state index in [4.69, 9.17) is 15.2 Å². The number of carboxylic acids is 1. The summed E-state index contributed by atoms with van der Waals surface area (Å²) in [6.45, 7) is 7.56. The van der Waals surface area contributed by atoms with Crippen LogP contribution in [0.4, 0.5) is 0 Å². The molecule has 10 rings (SSSR count). The monoisotopic (exact) mass is 1050 g/mol. The van der Waals surface area contributed by atoms with Gasteiger partial charge in [0.2, 0.25) is 5.91 Å². The van der Waals surface area contributed by atoms with Crippen molar-refractivity contribution in [2.24, 2.45) is 85.6 Å². The second-order valence-electron chi connectivity index (χ2n) is 26.1. The lowest BCUT2D eigenvalue weighted by atomic mass is 9.28. The number of hydrogen-bond donors (Lipinski definition) is 13. The number of aliphatic hydroxyl groups excluding tert-OH is 8. The minimum absolute atomic E-state index is 0.0117. The highest BCUT2D eigenvalue weighted by Gasteiger charge is 2.77. The standard InChI is InChI=1S/C56H86N6O13/c1-51(25-64)15-16-55(50(72)73)19-30(17-31-21-58-27-60-31)54(4)35(37(55)20-51)10-11-41-53(54,3)14-13-40-52(2,26-65)47(75-49-46(70)45(69)39(66)24-74-49)44(68)36(56(40,41)29-7-5-6-8-29)18-33-34(23-63)48(71)62-43(33)32(9-12-42(57)67)38-22-59-28-61-38/h10,21-22,27-30,32-34,36-37,39-47,49,63-70H,5-9,11-20,23-26,57H2,1-4H3,(H,58,60)(H,59,61)(H,62,71)(H,72,73)/t30-,32+,33+,34+,36-,37-,39+,40+,41-,42-,43-,44+,45-,46+,47+,49-,51-,52-,53+,54+,55-,56-/m0/s1. The van der Waals surface area contributed by atoms with Crippen LogP contribution in [0.25, 0.3) is 0 Å². The van der Waals surface area contributed by atoms with Gasteiger partial charge in [0.05, 0.1) is 56.0 Å². The lowest BCUT2D eigenvalue weighted by Gasteiger charge is -2.76. The predicted molar refractivity (Wildman–Crippen MR) is 271 cm³/mol. The Morgan fingerprint density at radius 1 is 0.907 bits per heavy atom. The number of nitrogens with one attached hydrogen (secondary N) is 3. The lowest BCUT2D eigenvalue weighted by Crippen LogP contribution is -2.75. The summed E-state index contributed by atoms with van der Waals surface area (Å²) in [4.78, 5) is 43.9. The van der Waals surface area contributed by atoms with Crippen LogP contribution in [0, 0.1) is 79.8 Å². The molecule has 8 aliphatic rings. The molecule has 0 radical (unpaired) electrons. The van der Waals surface area contributed by atoms with Gasteiger partial charge in [-0.3, -0.25) is 9.59 Å². The number of H-pyrrole nitrogens is 2. The van der Waals surface area contributed by atoms with Gasteiger partial charge < -0.3 is 76.5 Å². The van der Waals surface area contributed by atoms with Gasteiger partial charge in [-0.1, -0.05) is 52.2 Å². The minimum Gasteiger partial charge on any atom is -0.481 e. The lowest BCUT2D eigenvalue weighted by molar-refractivity contribution is -0.349. The molecule has 19 heteroatoms. The maximum absolute atomic E-state index is 14.4. The van der Waals surface area contributed by atoms with Crippen LogP contribution in [0.15, 0.2) is 36.7 Å². The first-order chi connectivity index (χ1) is 35.7. The molecule has 0 spiro atoms. The number of rotatable bonds is 16. The summed E-state index contributed by atoms with van der Waals surface area (Å²) in [5.74, 6) is -4.75. The number of aromatic nitrogens is 4. The number of carbonyl (C=O) groups is 2. The molecule has 1 amide bonds. The average Bonchev–Trinajstić information content (AvgIpc) is 4.26. The van der Waals surface area contributed by atoms with Gasteiger partial charge in [0.1, 0.15) is 24.5 Å². The van der Waals surface area contributed by atoms with E-state index < -0.39 is 124 Å². The van der Waals surface area contributed by atoms with Crippen LogP contribution in [0.1, 0.15) is 135 Å². The van der Waals surface area contributed by atoms with Crippen molar-refractivity contribution in [1.82, 2.24) is 25.3 Å². The number of allylic oxidation sites excluding steroid dienone is 2. The normalized spacial score (nSPS) is 46.7. The molecule has 4 heterocycles. The maximum atomic E-state index is 14.4. The van der Waals surface area contributed by atoms with E-state index in [1.54, 1.807) is 18.9 Å². The number of amides is 1. The van der Waals surface area contributed by atoms with Gasteiger partial charge in [-0.25, -0.2) is 9.97 Å². The van der Waals surface area contributed by atoms with E-state index in [2.05, 4.69) is 52.1 Å². The fraction of sp³-hybridized carbons (Fsp3) is 0.821. The number of ether oxygens (including phenoxy) is 2. The molecule has 19 nitrogen and oxygen atoms in total. The molecule has 6 aliphatic carbocycles. The molecule has 75 heavy (non-hydrogen) atoms. The molecular formula is C56H86N6O13. The Balaban J connectivity index is 1.19. The van der Waals surface area contributed by atoms with Gasteiger partial charge >= 0.3 is 5.97 Å². The number of hydrogen-bond acceptors (Lipinski definition) is 15. The number of imidazole rings is 2. The molecule has 7 fully saturated rings. The van der Waals surface area contributed by atoms with Crippen molar-refractivity contribution >= 4 is 11.9 Å². The summed E-state index contributed by atoms with van der Waals surface area (Å²) in [7, 11) is 0. The molecule has 418 valence electrons. The topological polar surface area (TPSA) is 330 Å². The molecule has 2 aliphatic heterocycles. The smallest absolute Gasteiger partial charge is 0.310 e.